The topological polar surface area (TPSA) is 54.3 Å². The third-order valence-corrected chi connectivity index (χ3v) is 3.94. The molecule has 1 aromatic rings. The van der Waals surface area contributed by atoms with Crippen LogP contribution in [0.4, 0.5) is 0 Å². The van der Waals surface area contributed by atoms with Gasteiger partial charge in [-0.05, 0) is 38.1 Å². The summed E-state index contributed by atoms with van der Waals surface area (Å²) in [5.41, 5.74) is 2.91. The quantitative estimate of drug-likeness (QED) is 0.901. The van der Waals surface area contributed by atoms with E-state index < -0.39 is 5.41 Å². The highest BCUT2D eigenvalue weighted by atomic mass is 16.5. The summed E-state index contributed by atoms with van der Waals surface area (Å²) < 4.78 is 10.7. The van der Waals surface area contributed by atoms with Gasteiger partial charge in [-0.2, -0.15) is 5.26 Å². The molecule has 1 atom stereocenters. The van der Waals surface area contributed by atoms with E-state index >= 15 is 0 Å². The Morgan fingerprint density at radius 2 is 2.00 bits per heavy atom. The van der Waals surface area contributed by atoms with Crippen molar-refractivity contribution in [3.63, 3.8) is 0 Å². The van der Waals surface area contributed by atoms with E-state index in [1.165, 1.54) is 11.1 Å². The van der Waals surface area contributed by atoms with Crippen molar-refractivity contribution in [2.24, 2.45) is 5.41 Å². The van der Waals surface area contributed by atoms with Crippen molar-refractivity contribution in [2.45, 2.75) is 19.9 Å². The Balaban J connectivity index is 2.49. The zero-order chi connectivity index (χ0) is 14.0. The van der Waals surface area contributed by atoms with Gasteiger partial charge in [0.15, 0.2) is 0 Å². The van der Waals surface area contributed by atoms with E-state index in [0.29, 0.717) is 13.2 Å². The summed E-state index contributed by atoms with van der Waals surface area (Å²) in [6.45, 7) is 5.06. The SMILES string of the molecule is CNC(c1cc(C)c(C)cc1OC)C1(C#N)COC1. The molecule has 102 valence electrons. The van der Waals surface area contributed by atoms with Crippen LogP contribution in [0.15, 0.2) is 12.1 Å². The molecule has 0 aromatic heterocycles. The number of hydrogen-bond acceptors (Lipinski definition) is 4. The Morgan fingerprint density at radius 3 is 2.42 bits per heavy atom. The molecule has 19 heavy (non-hydrogen) atoms. The Bertz CT molecular complexity index is 516. The van der Waals surface area contributed by atoms with Crippen molar-refractivity contribution >= 4 is 0 Å². The minimum atomic E-state index is -0.496. The Hall–Kier alpha value is -1.57. The molecule has 4 heteroatoms. The molecule has 1 aliphatic heterocycles. The maximum absolute atomic E-state index is 9.48. The summed E-state index contributed by atoms with van der Waals surface area (Å²) in [4.78, 5) is 0. The highest BCUT2D eigenvalue weighted by Crippen LogP contribution is 2.43. The van der Waals surface area contributed by atoms with E-state index in [1.54, 1.807) is 7.11 Å². The Kier molecular flexibility index (Phi) is 3.79. The maximum Gasteiger partial charge on any atom is 0.123 e. The van der Waals surface area contributed by atoms with Crippen molar-refractivity contribution in [3.8, 4) is 11.8 Å². The first-order valence-corrected chi connectivity index (χ1v) is 6.39. The molecule has 1 aliphatic rings. The molecular formula is C15H20N2O2. The summed E-state index contributed by atoms with van der Waals surface area (Å²) >= 11 is 0. The fraction of sp³-hybridized carbons (Fsp3) is 0.533. The minimum absolute atomic E-state index is 0.0829. The molecule has 0 amide bonds. The lowest BCUT2D eigenvalue weighted by Crippen LogP contribution is -2.50. The number of nitrogens with zero attached hydrogens (tertiary/aromatic N) is 1. The van der Waals surface area contributed by atoms with Crippen LogP contribution in [-0.4, -0.2) is 27.4 Å². The highest BCUT2D eigenvalue weighted by molar-refractivity contribution is 5.45. The van der Waals surface area contributed by atoms with Crippen LogP contribution >= 0.6 is 0 Å². The molecular weight excluding hydrogens is 240 g/mol. The lowest BCUT2D eigenvalue weighted by molar-refractivity contribution is -0.0966. The van der Waals surface area contributed by atoms with Gasteiger partial charge in [0.2, 0.25) is 0 Å². The molecule has 0 spiro atoms. The highest BCUT2D eigenvalue weighted by Gasteiger charge is 2.47. The van der Waals surface area contributed by atoms with E-state index in [4.69, 9.17) is 9.47 Å². The van der Waals surface area contributed by atoms with E-state index in [-0.39, 0.29) is 6.04 Å². The van der Waals surface area contributed by atoms with Gasteiger partial charge in [-0.25, -0.2) is 0 Å². The number of nitriles is 1. The van der Waals surface area contributed by atoms with E-state index in [1.807, 2.05) is 13.1 Å². The van der Waals surface area contributed by atoms with E-state index in [0.717, 1.165) is 11.3 Å². The predicted molar refractivity (Wildman–Crippen MR) is 73.1 cm³/mol. The van der Waals surface area contributed by atoms with Crippen molar-refractivity contribution < 1.29 is 9.47 Å². The Morgan fingerprint density at radius 1 is 1.37 bits per heavy atom. The molecule has 1 saturated heterocycles. The van der Waals surface area contributed by atoms with Crippen molar-refractivity contribution in [1.29, 1.82) is 5.26 Å². The minimum Gasteiger partial charge on any atom is -0.496 e. The summed E-state index contributed by atoms with van der Waals surface area (Å²) in [6, 6.07) is 6.46. The second-order valence-corrected chi connectivity index (χ2v) is 5.16. The smallest absolute Gasteiger partial charge is 0.123 e. The molecule has 1 fully saturated rings. The van der Waals surface area contributed by atoms with Gasteiger partial charge in [-0.15, -0.1) is 0 Å². The number of nitrogens with one attached hydrogen (secondary N) is 1. The number of methoxy groups -OCH3 is 1. The third kappa shape index (κ3) is 2.20. The Labute approximate surface area is 114 Å². The lowest BCUT2D eigenvalue weighted by Gasteiger charge is -2.42. The molecule has 1 aromatic carbocycles. The zero-order valence-electron chi connectivity index (χ0n) is 11.9. The molecule has 0 aliphatic carbocycles. The van der Waals surface area contributed by atoms with Crippen molar-refractivity contribution in [3.05, 3.63) is 28.8 Å². The zero-order valence-corrected chi connectivity index (χ0v) is 11.9. The maximum atomic E-state index is 9.48. The lowest BCUT2D eigenvalue weighted by atomic mass is 9.76. The van der Waals surface area contributed by atoms with Crippen molar-refractivity contribution in [1.82, 2.24) is 5.32 Å². The fourth-order valence-electron chi connectivity index (χ4n) is 2.56. The van der Waals surface area contributed by atoms with Crippen LogP contribution < -0.4 is 10.1 Å². The average Bonchev–Trinajstić information content (AvgIpc) is 2.36. The standard InChI is InChI=1S/C15H20N2O2/c1-10-5-12(13(18-4)6-11(10)2)14(17-3)15(7-16)8-19-9-15/h5-6,14,17H,8-9H2,1-4H3. The molecule has 0 saturated carbocycles. The van der Waals surface area contributed by atoms with Crippen LogP contribution in [0.2, 0.25) is 0 Å². The molecule has 1 N–H and O–H groups in total. The molecule has 1 heterocycles. The summed E-state index contributed by atoms with van der Waals surface area (Å²) in [7, 11) is 3.54. The van der Waals surface area contributed by atoms with E-state index in [9.17, 15) is 5.26 Å². The molecule has 0 bridgehead atoms. The number of hydrogen-bond donors (Lipinski definition) is 1. The average molecular weight is 260 g/mol. The number of aryl methyl sites for hydroxylation is 2. The second kappa shape index (κ2) is 5.20. The van der Waals surface area contributed by atoms with Gasteiger partial charge in [0, 0.05) is 5.56 Å². The number of ether oxygens (including phenoxy) is 2. The molecule has 2 rings (SSSR count). The van der Waals surface area contributed by atoms with Crippen LogP contribution in [0.5, 0.6) is 5.75 Å². The normalized spacial score (nSPS) is 18.3. The van der Waals surface area contributed by atoms with Crippen LogP contribution in [0.3, 0.4) is 0 Å². The molecule has 4 nitrogen and oxygen atoms in total. The number of benzene rings is 1. The third-order valence-electron chi connectivity index (χ3n) is 3.94. The molecule has 1 unspecified atom stereocenters. The van der Waals surface area contributed by atoms with Gasteiger partial charge in [0.25, 0.3) is 0 Å². The first-order chi connectivity index (χ1) is 9.07. The summed E-state index contributed by atoms with van der Waals surface area (Å²) in [6.07, 6.45) is 0. The van der Waals surface area contributed by atoms with Gasteiger partial charge < -0.3 is 14.8 Å². The largest absolute Gasteiger partial charge is 0.496 e. The van der Waals surface area contributed by atoms with Crippen molar-refractivity contribution in [2.75, 3.05) is 27.4 Å². The van der Waals surface area contributed by atoms with Gasteiger partial charge >= 0.3 is 0 Å². The van der Waals surface area contributed by atoms with Gasteiger partial charge in [-0.1, -0.05) is 6.07 Å². The summed E-state index contributed by atoms with van der Waals surface area (Å²) in [5, 5.41) is 12.7. The molecule has 0 radical (unpaired) electrons. The van der Waals surface area contributed by atoms with Gasteiger partial charge in [0.05, 0.1) is 32.4 Å². The van der Waals surface area contributed by atoms with Gasteiger partial charge in [-0.3, -0.25) is 0 Å². The number of rotatable bonds is 4. The summed E-state index contributed by atoms with van der Waals surface area (Å²) in [5.74, 6) is 0.823. The van der Waals surface area contributed by atoms with Gasteiger partial charge in [0.1, 0.15) is 11.2 Å². The fourth-order valence-corrected chi connectivity index (χ4v) is 2.56. The van der Waals surface area contributed by atoms with Crippen LogP contribution in [0, 0.1) is 30.6 Å². The van der Waals surface area contributed by atoms with E-state index in [2.05, 4.69) is 31.3 Å². The predicted octanol–water partition coefficient (Wildman–Crippen LogP) is 2.11. The van der Waals surface area contributed by atoms with Crippen LogP contribution in [-0.2, 0) is 4.74 Å². The second-order valence-electron chi connectivity index (χ2n) is 5.16. The first-order valence-electron chi connectivity index (χ1n) is 6.39. The van der Waals surface area contributed by atoms with Crippen LogP contribution in [0.25, 0.3) is 0 Å². The van der Waals surface area contributed by atoms with Crippen LogP contribution in [0.1, 0.15) is 22.7 Å². The monoisotopic (exact) mass is 260 g/mol. The first kappa shape index (κ1) is 13.9.